The maximum Gasteiger partial charge on any atom is 0.335 e. The first-order valence-corrected chi connectivity index (χ1v) is 9.45. The fraction of sp³-hybridized carbons (Fsp3) is 0.188. The van der Waals surface area contributed by atoms with Crippen molar-refractivity contribution in [2.45, 2.75) is 11.8 Å². The fourth-order valence-electron chi connectivity index (χ4n) is 2.41. The van der Waals surface area contributed by atoms with E-state index < -0.39 is 16.1 Å². The van der Waals surface area contributed by atoms with Crippen LogP contribution in [0.4, 0.5) is 10.7 Å². The molecule has 0 atom stereocenters. The molecule has 2 heterocycles. The second kappa shape index (κ2) is 7.60. The Morgan fingerprint density at radius 1 is 1.18 bits per heavy atom. The summed E-state index contributed by atoms with van der Waals surface area (Å²) in [6, 6.07) is 5.26. The van der Waals surface area contributed by atoms with Crippen LogP contribution in [0.25, 0.3) is 11.1 Å². The number of benzene rings is 1. The van der Waals surface area contributed by atoms with Crippen LogP contribution in [0.3, 0.4) is 0 Å². The molecule has 3 rings (SSSR count). The number of sulfonamides is 1. The molecule has 1 aromatic carbocycles. The molecule has 0 aliphatic carbocycles. The third kappa shape index (κ3) is 4.23. The van der Waals surface area contributed by atoms with E-state index in [-0.39, 0.29) is 16.9 Å². The van der Waals surface area contributed by atoms with Gasteiger partial charge in [0.25, 0.3) is 10.0 Å². The van der Waals surface area contributed by atoms with Crippen molar-refractivity contribution in [3.8, 4) is 17.1 Å². The van der Waals surface area contributed by atoms with Gasteiger partial charge in [-0.1, -0.05) is 18.2 Å². The normalized spacial score (nSPS) is 11.1. The molecule has 12 heteroatoms. The zero-order valence-electron chi connectivity index (χ0n) is 15.2. The molecule has 0 bridgehead atoms. The quantitative estimate of drug-likeness (QED) is 0.645. The Hall–Kier alpha value is -3.54. The number of urea groups is 1. The molecule has 0 fully saturated rings. The number of amides is 2. The Morgan fingerprint density at radius 2 is 1.93 bits per heavy atom. The van der Waals surface area contributed by atoms with Crippen LogP contribution in [0.2, 0.25) is 0 Å². The Morgan fingerprint density at radius 3 is 2.61 bits per heavy atom. The molecule has 0 unspecified atom stereocenters. The van der Waals surface area contributed by atoms with Gasteiger partial charge in [0, 0.05) is 24.4 Å². The zero-order valence-corrected chi connectivity index (χ0v) is 16.1. The van der Waals surface area contributed by atoms with Crippen LogP contribution in [-0.4, -0.2) is 46.3 Å². The summed E-state index contributed by atoms with van der Waals surface area (Å²) < 4.78 is 33.9. The van der Waals surface area contributed by atoms with E-state index in [2.05, 4.69) is 25.4 Å². The molecule has 0 radical (unpaired) electrons. The van der Waals surface area contributed by atoms with Crippen LogP contribution in [0.5, 0.6) is 6.01 Å². The minimum absolute atomic E-state index is 0.00687. The van der Waals surface area contributed by atoms with Gasteiger partial charge < -0.3 is 4.74 Å². The predicted molar refractivity (Wildman–Crippen MR) is 99.1 cm³/mol. The Labute approximate surface area is 160 Å². The first kappa shape index (κ1) is 19.2. The number of anilines is 1. The maximum atomic E-state index is 12.7. The fourth-order valence-corrected chi connectivity index (χ4v) is 3.55. The average Bonchev–Trinajstić information content (AvgIpc) is 3.07. The predicted octanol–water partition coefficient (Wildman–Crippen LogP) is 1.10. The summed E-state index contributed by atoms with van der Waals surface area (Å²) in [6.07, 6.45) is 3.21. The van der Waals surface area contributed by atoms with E-state index in [0.717, 1.165) is 0 Å². The summed E-state index contributed by atoms with van der Waals surface area (Å²) in [7, 11) is -1.10. The van der Waals surface area contributed by atoms with Crippen molar-refractivity contribution >= 4 is 22.0 Å². The molecule has 0 aliphatic heterocycles. The van der Waals surface area contributed by atoms with Crippen LogP contribution < -0.4 is 14.8 Å². The van der Waals surface area contributed by atoms with Crippen LogP contribution in [0.15, 0.2) is 41.6 Å². The SMILES string of the molecule is COc1nc(C)nc(NC(=O)NS(=O)(=O)c2ccccc2-c2cnn(C)c2)n1. The van der Waals surface area contributed by atoms with E-state index in [0.29, 0.717) is 17.0 Å². The van der Waals surface area contributed by atoms with Crippen molar-refractivity contribution in [3.63, 3.8) is 0 Å². The monoisotopic (exact) mass is 403 g/mol. The van der Waals surface area contributed by atoms with E-state index in [1.807, 2.05) is 4.72 Å². The number of hydrogen-bond acceptors (Lipinski definition) is 8. The van der Waals surface area contributed by atoms with Gasteiger partial charge in [-0.05, 0) is 13.0 Å². The molecule has 3 aromatic rings. The highest BCUT2D eigenvalue weighted by Gasteiger charge is 2.23. The number of hydrogen-bond donors (Lipinski definition) is 2. The van der Waals surface area contributed by atoms with Gasteiger partial charge in [-0.2, -0.15) is 20.1 Å². The van der Waals surface area contributed by atoms with Gasteiger partial charge in [0.05, 0.1) is 18.2 Å². The largest absolute Gasteiger partial charge is 0.467 e. The Balaban J connectivity index is 1.85. The first-order valence-electron chi connectivity index (χ1n) is 7.97. The third-order valence-corrected chi connectivity index (χ3v) is 4.94. The second-order valence-electron chi connectivity index (χ2n) is 5.65. The molecule has 0 spiro atoms. The van der Waals surface area contributed by atoms with Gasteiger partial charge >= 0.3 is 12.0 Å². The lowest BCUT2D eigenvalue weighted by Crippen LogP contribution is -2.35. The molecule has 0 aliphatic rings. The van der Waals surface area contributed by atoms with Gasteiger partial charge in [-0.3, -0.25) is 10.00 Å². The van der Waals surface area contributed by atoms with E-state index in [9.17, 15) is 13.2 Å². The number of aryl methyl sites for hydroxylation is 2. The summed E-state index contributed by atoms with van der Waals surface area (Å²) in [6.45, 7) is 1.58. The van der Waals surface area contributed by atoms with Crippen molar-refractivity contribution in [2.75, 3.05) is 12.4 Å². The number of nitrogens with one attached hydrogen (secondary N) is 2. The summed E-state index contributed by atoms with van der Waals surface area (Å²) >= 11 is 0. The number of methoxy groups -OCH3 is 1. The lowest BCUT2D eigenvalue weighted by atomic mass is 10.1. The van der Waals surface area contributed by atoms with Gasteiger partial charge in [0.1, 0.15) is 5.82 Å². The zero-order chi connectivity index (χ0) is 20.3. The van der Waals surface area contributed by atoms with E-state index >= 15 is 0 Å². The lowest BCUT2D eigenvalue weighted by molar-refractivity contribution is 0.256. The smallest absolute Gasteiger partial charge is 0.335 e. The van der Waals surface area contributed by atoms with Gasteiger partial charge in [-0.15, -0.1) is 0 Å². The van der Waals surface area contributed by atoms with E-state index in [1.54, 1.807) is 43.0 Å². The highest BCUT2D eigenvalue weighted by molar-refractivity contribution is 7.90. The standard InChI is InChI=1S/C16H17N7O4S/c1-10-18-14(21-16(19-10)27-3)20-15(24)22-28(25,26)13-7-5-4-6-12(13)11-8-17-23(2)9-11/h4-9H,1-3H3,(H2,18,19,20,21,22,24). The molecule has 11 nitrogen and oxygen atoms in total. The lowest BCUT2D eigenvalue weighted by Gasteiger charge is -2.11. The number of carbonyl (C=O) groups is 1. The van der Waals surface area contributed by atoms with Crippen LogP contribution in [0, 0.1) is 6.92 Å². The summed E-state index contributed by atoms with van der Waals surface area (Å²) in [5.74, 6) is 0.157. The molecule has 2 N–H and O–H groups in total. The molecular formula is C16H17N7O4S. The van der Waals surface area contributed by atoms with Crippen LogP contribution in [0.1, 0.15) is 5.82 Å². The number of rotatable bonds is 5. The first-order chi connectivity index (χ1) is 13.3. The molecule has 0 saturated heterocycles. The molecular weight excluding hydrogens is 386 g/mol. The highest BCUT2D eigenvalue weighted by atomic mass is 32.2. The number of aromatic nitrogens is 5. The molecule has 0 saturated carbocycles. The van der Waals surface area contributed by atoms with Crippen molar-refractivity contribution in [2.24, 2.45) is 7.05 Å². The van der Waals surface area contributed by atoms with Crippen LogP contribution in [-0.2, 0) is 17.1 Å². The summed E-state index contributed by atoms with van der Waals surface area (Å²) in [4.78, 5) is 23.8. The minimum atomic E-state index is -4.18. The second-order valence-corrected chi connectivity index (χ2v) is 7.30. The average molecular weight is 403 g/mol. The highest BCUT2D eigenvalue weighted by Crippen LogP contribution is 2.26. The van der Waals surface area contributed by atoms with Crippen molar-refractivity contribution < 1.29 is 17.9 Å². The maximum absolute atomic E-state index is 12.7. The topological polar surface area (TPSA) is 141 Å². The van der Waals surface area contributed by atoms with E-state index in [4.69, 9.17) is 4.74 Å². The number of ether oxygens (including phenoxy) is 1. The minimum Gasteiger partial charge on any atom is -0.467 e. The van der Waals surface area contributed by atoms with Crippen LogP contribution >= 0.6 is 0 Å². The van der Waals surface area contributed by atoms with Crippen molar-refractivity contribution in [1.29, 1.82) is 0 Å². The summed E-state index contributed by atoms with van der Waals surface area (Å²) in [5, 5.41) is 6.30. The Bertz CT molecular complexity index is 1130. The molecule has 146 valence electrons. The molecule has 28 heavy (non-hydrogen) atoms. The number of nitrogens with zero attached hydrogens (tertiary/aromatic N) is 5. The third-order valence-electron chi connectivity index (χ3n) is 3.55. The van der Waals surface area contributed by atoms with Gasteiger partial charge in [0.2, 0.25) is 5.95 Å². The van der Waals surface area contributed by atoms with Gasteiger partial charge in [-0.25, -0.2) is 17.9 Å². The molecule has 2 amide bonds. The van der Waals surface area contributed by atoms with Crippen molar-refractivity contribution in [3.05, 3.63) is 42.5 Å². The van der Waals surface area contributed by atoms with E-state index in [1.165, 1.54) is 19.4 Å². The number of carbonyl (C=O) groups excluding carboxylic acids is 1. The molecule has 2 aromatic heterocycles. The summed E-state index contributed by atoms with van der Waals surface area (Å²) in [5.41, 5.74) is 1.01. The van der Waals surface area contributed by atoms with Gasteiger partial charge in [0.15, 0.2) is 0 Å². The Kier molecular flexibility index (Phi) is 5.22. The van der Waals surface area contributed by atoms with Crippen molar-refractivity contribution in [1.82, 2.24) is 29.5 Å².